The second kappa shape index (κ2) is 6.45. The van der Waals surface area contributed by atoms with Crippen LogP contribution in [0.5, 0.6) is 0 Å². The smallest absolute Gasteiger partial charge is 0.0547 e. The van der Waals surface area contributed by atoms with Crippen LogP contribution in [0.4, 0.5) is 0 Å². The average Bonchev–Trinajstić information content (AvgIpc) is 3.05. The van der Waals surface area contributed by atoms with Gasteiger partial charge in [0.2, 0.25) is 0 Å². The van der Waals surface area contributed by atoms with Crippen molar-refractivity contribution < 1.29 is 0 Å². The molecule has 0 saturated heterocycles. The van der Waals surface area contributed by atoms with Crippen molar-refractivity contribution in [3.05, 3.63) is 91.0 Å². The second-order valence-corrected chi connectivity index (χ2v) is 5.87. The maximum Gasteiger partial charge on any atom is 0.0547 e. The summed E-state index contributed by atoms with van der Waals surface area (Å²) in [6.07, 6.45) is 0. The minimum absolute atomic E-state index is 1.20. The van der Waals surface area contributed by atoms with Crippen LogP contribution in [-0.2, 0) is 0 Å². The molecule has 0 N–H and O–H groups in total. The van der Waals surface area contributed by atoms with Gasteiger partial charge in [0, 0.05) is 16.5 Å². The molecule has 1 heterocycles. The molecule has 0 fully saturated rings. The summed E-state index contributed by atoms with van der Waals surface area (Å²) in [5, 5.41) is 5.25. The number of rotatable bonds is 1. The van der Waals surface area contributed by atoms with Crippen LogP contribution < -0.4 is 0 Å². The number of hydrogen-bond donors (Lipinski definition) is 0. The number of aromatic nitrogens is 1. The SMILES string of the molecule is CC.c1ccc(-n2c3ccccc3c3c4ccccc4ccc32)cc1. The standard InChI is InChI=1S/C22H15N.C2H6/c1-2-9-17(10-3-1)23-20-13-7-6-12-19(20)22-18-11-5-4-8-16(18)14-15-21(22)23;1-2/h1-15H;1-2H3. The molecule has 0 spiro atoms. The van der Waals surface area contributed by atoms with Crippen LogP contribution in [0, 0.1) is 0 Å². The van der Waals surface area contributed by atoms with Crippen molar-refractivity contribution in [1.82, 2.24) is 4.57 Å². The molecular formula is C24H21N. The molecule has 0 aliphatic rings. The Morgan fingerprint density at radius 1 is 0.520 bits per heavy atom. The normalized spacial score (nSPS) is 10.8. The summed E-state index contributed by atoms with van der Waals surface area (Å²) in [7, 11) is 0. The van der Waals surface area contributed by atoms with Gasteiger partial charge in [-0.1, -0.05) is 80.6 Å². The second-order valence-electron chi connectivity index (χ2n) is 5.87. The lowest BCUT2D eigenvalue weighted by Gasteiger charge is -2.07. The zero-order valence-corrected chi connectivity index (χ0v) is 14.6. The topological polar surface area (TPSA) is 4.93 Å². The van der Waals surface area contributed by atoms with E-state index >= 15 is 0 Å². The van der Waals surface area contributed by atoms with E-state index in [0.717, 1.165) is 0 Å². The highest BCUT2D eigenvalue weighted by Crippen LogP contribution is 2.36. The molecule has 5 rings (SSSR count). The van der Waals surface area contributed by atoms with Gasteiger partial charge < -0.3 is 4.57 Å². The van der Waals surface area contributed by atoms with Gasteiger partial charge in [0.15, 0.2) is 0 Å². The fraction of sp³-hybridized carbons (Fsp3) is 0.0833. The summed E-state index contributed by atoms with van der Waals surface area (Å²) < 4.78 is 2.36. The van der Waals surface area contributed by atoms with Crippen molar-refractivity contribution >= 4 is 32.6 Å². The van der Waals surface area contributed by atoms with Crippen LogP contribution in [0.15, 0.2) is 91.0 Å². The summed E-state index contributed by atoms with van der Waals surface area (Å²) in [4.78, 5) is 0. The van der Waals surface area contributed by atoms with Gasteiger partial charge in [-0.25, -0.2) is 0 Å². The van der Waals surface area contributed by atoms with E-state index < -0.39 is 0 Å². The van der Waals surface area contributed by atoms with Crippen molar-refractivity contribution in [2.45, 2.75) is 13.8 Å². The van der Waals surface area contributed by atoms with E-state index in [1.54, 1.807) is 0 Å². The van der Waals surface area contributed by atoms with E-state index in [-0.39, 0.29) is 0 Å². The van der Waals surface area contributed by atoms with Gasteiger partial charge in [-0.05, 0) is 35.0 Å². The third-order valence-corrected chi connectivity index (χ3v) is 4.58. The Labute approximate surface area is 148 Å². The first-order valence-corrected chi connectivity index (χ1v) is 8.90. The largest absolute Gasteiger partial charge is 0.309 e. The third-order valence-electron chi connectivity index (χ3n) is 4.58. The number of benzene rings is 4. The molecule has 1 heteroatoms. The van der Waals surface area contributed by atoms with Crippen molar-refractivity contribution in [3.63, 3.8) is 0 Å². The fourth-order valence-corrected chi connectivity index (χ4v) is 3.59. The van der Waals surface area contributed by atoms with Gasteiger partial charge in [0.25, 0.3) is 0 Å². The molecule has 5 aromatic rings. The first kappa shape index (κ1) is 15.5. The van der Waals surface area contributed by atoms with Crippen molar-refractivity contribution in [2.24, 2.45) is 0 Å². The van der Waals surface area contributed by atoms with Crippen molar-refractivity contribution in [1.29, 1.82) is 0 Å². The Kier molecular flexibility index (Phi) is 3.99. The Morgan fingerprint density at radius 3 is 1.96 bits per heavy atom. The molecule has 0 aliphatic carbocycles. The maximum absolute atomic E-state index is 2.36. The highest BCUT2D eigenvalue weighted by atomic mass is 15.0. The van der Waals surface area contributed by atoms with E-state index in [2.05, 4.69) is 95.6 Å². The van der Waals surface area contributed by atoms with Crippen LogP contribution in [0.1, 0.15) is 13.8 Å². The number of nitrogens with zero attached hydrogens (tertiary/aromatic N) is 1. The van der Waals surface area contributed by atoms with Gasteiger partial charge in [-0.3, -0.25) is 0 Å². The molecule has 0 saturated carbocycles. The molecule has 0 amide bonds. The molecule has 122 valence electrons. The predicted octanol–water partition coefficient (Wildman–Crippen LogP) is 6.96. The fourth-order valence-electron chi connectivity index (χ4n) is 3.59. The van der Waals surface area contributed by atoms with Crippen molar-refractivity contribution in [3.8, 4) is 5.69 Å². The molecule has 4 aromatic carbocycles. The van der Waals surface area contributed by atoms with Gasteiger partial charge in [0.05, 0.1) is 11.0 Å². The zero-order chi connectivity index (χ0) is 17.2. The molecule has 25 heavy (non-hydrogen) atoms. The number of para-hydroxylation sites is 2. The summed E-state index contributed by atoms with van der Waals surface area (Å²) in [6.45, 7) is 4.00. The lowest BCUT2D eigenvalue weighted by Crippen LogP contribution is -1.92. The highest BCUT2D eigenvalue weighted by molar-refractivity contribution is 6.21. The average molecular weight is 323 g/mol. The Bertz CT molecular complexity index is 1150. The van der Waals surface area contributed by atoms with Crippen LogP contribution in [-0.4, -0.2) is 4.57 Å². The summed E-state index contributed by atoms with van der Waals surface area (Å²) in [6, 6.07) is 32.3. The monoisotopic (exact) mass is 323 g/mol. The van der Waals surface area contributed by atoms with E-state index in [1.165, 1.54) is 38.3 Å². The van der Waals surface area contributed by atoms with Crippen molar-refractivity contribution in [2.75, 3.05) is 0 Å². The predicted molar refractivity (Wildman–Crippen MR) is 110 cm³/mol. The van der Waals surface area contributed by atoms with E-state index in [1.807, 2.05) is 13.8 Å². The Morgan fingerprint density at radius 2 is 1.16 bits per heavy atom. The Hall–Kier alpha value is -3.06. The van der Waals surface area contributed by atoms with Crippen LogP contribution in [0.2, 0.25) is 0 Å². The highest BCUT2D eigenvalue weighted by Gasteiger charge is 2.13. The minimum atomic E-state index is 1.20. The van der Waals surface area contributed by atoms with Gasteiger partial charge >= 0.3 is 0 Å². The first-order chi connectivity index (χ1) is 12.4. The minimum Gasteiger partial charge on any atom is -0.309 e. The van der Waals surface area contributed by atoms with Gasteiger partial charge in [-0.15, -0.1) is 0 Å². The summed E-state index contributed by atoms with van der Waals surface area (Å²) >= 11 is 0. The lowest BCUT2D eigenvalue weighted by atomic mass is 10.0. The summed E-state index contributed by atoms with van der Waals surface area (Å²) in [5.74, 6) is 0. The first-order valence-electron chi connectivity index (χ1n) is 8.90. The molecule has 0 bridgehead atoms. The molecule has 0 atom stereocenters. The third kappa shape index (κ3) is 2.40. The zero-order valence-electron chi connectivity index (χ0n) is 14.6. The maximum atomic E-state index is 2.36. The number of fused-ring (bicyclic) bond motifs is 5. The molecule has 0 radical (unpaired) electrons. The van der Waals surface area contributed by atoms with E-state index in [0.29, 0.717) is 0 Å². The van der Waals surface area contributed by atoms with Gasteiger partial charge in [0.1, 0.15) is 0 Å². The van der Waals surface area contributed by atoms with Crippen LogP contribution in [0.3, 0.4) is 0 Å². The van der Waals surface area contributed by atoms with Crippen LogP contribution in [0.25, 0.3) is 38.3 Å². The molecule has 1 aromatic heterocycles. The van der Waals surface area contributed by atoms with E-state index in [4.69, 9.17) is 0 Å². The quantitative estimate of drug-likeness (QED) is 0.314. The van der Waals surface area contributed by atoms with Crippen LogP contribution >= 0.6 is 0 Å². The summed E-state index contributed by atoms with van der Waals surface area (Å²) in [5.41, 5.74) is 3.72. The van der Waals surface area contributed by atoms with Gasteiger partial charge in [-0.2, -0.15) is 0 Å². The number of hydrogen-bond acceptors (Lipinski definition) is 0. The van der Waals surface area contributed by atoms with E-state index in [9.17, 15) is 0 Å². The lowest BCUT2D eigenvalue weighted by molar-refractivity contribution is 1.18. The molecule has 0 aliphatic heterocycles. The Balaban J connectivity index is 0.000000758. The molecular weight excluding hydrogens is 302 g/mol. The molecule has 0 unspecified atom stereocenters. The molecule has 1 nitrogen and oxygen atoms in total.